The van der Waals surface area contributed by atoms with Crippen molar-refractivity contribution in [1.82, 2.24) is 15.1 Å². The molecule has 3 unspecified atom stereocenters. The third kappa shape index (κ3) is 3.90. The minimum atomic E-state index is -0.143. The third-order valence-electron chi connectivity index (χ3n) is 8.70. The highest BCUT2D eigenvalue weighted by molar-refractivity contribution is 5.88. The van der Waals surface area contributed by atoms with Crippen LogP contribution >= 0.6 is 0 Å². The Balaban J connectivity index is 1.12. The van der Waals surface area contributed by atoms with Gasteiger partial charge in [0.25, 0.3) is 0 Å². The number of benzene rings is 1. The van der Waals surface area contributed by atoms with Crippen LogP contribution < -0.4 is 5.32 Å². The van der Waals surface area contributed by atoms with Crippen LogP contribution in [0.25, 0.3) is 0 Å². The molecular weight excluding hydrogens is 386 g/mol. The standard InChI is InChI=1S/C26H37N3O2/c1-2-6-23(21-7-4-3-5-8-21)28-9-11-29(12-10-28)24(30)18-27-25(31)26-16-19-13-20(17-26)15-22(26)14-19/h3-5,7-8,19-20,22-23H,2,6,9-18H2,1H3,(H,27,31). The van der Waals surface area contributed by atoms with E-state index in [-0.39, 0.29) is 23.8 Å². The average molecular weight is 424 g/mol. The van der Waals surface area contributed by atoms with E-state index in [1.165, 1.54) is 24.8 Å². The highest BCUT2D eigenvalue weighted by Gasteiger charge is 2.61. The van der Waals surface area contributed by atoms with Crippen molar-refractivity contribution in [3.05, 3.63) is 35.9 Å². The average Bonchev–Trinajstić information content (AvgIpc) is 3.21. The number of rotatable bonds is 7. The second kappa shape index (κ2) is 8.57. The zero-order valence-electron chi connectivity index (χ0n) is 18.9. The van der Waals surface area contributed by atoms with Crippen molar-refractivity contribution in [2.24, 2.45) is 23.2 Å². The Labute approximate surface area is 186 Å². The predicted octanol–water partition coefficient (Wildman–Crippen LogP) is 3.61. The van der Waals surface area contributed by atoms with Gasteiger partial charge >= 0.3 is 0 Å². The number of hydrogen-bond acceptors (Lipinski definition) is 3. The molecule has 168 valence electrons. The van der Waals surface area contributed by atoms with Crippen molar-refractivity contribution in [3.63, 3.8) is 0 Å². The Bertz CT molecular complexity index is 788. The van der Waals surface area contributed by atoms with E-state index in [0.717, 1.165) is 63.7 Å². The molecule has 4 saturated carbocycles. The molecule has 0 radical (unpaired) electrons. The van der Waals surface area contributed by atoms with E-state index in [4.69, 9.17) is 0 Å². The third-order valence-corrected chi connectivity index (χ3v) is 8.70. The molecule has 3 atom stereocenters. The van der Waals surface area contributed by atoms with Gasteiger partial charge < -0.3 is 10.2 Å². The lowest BCUT2D eigenvalue weighted by atomic mass is 9.75. The van der Waals surface area contributed by atoms with Crippen molar-refractivity contribution in [2.75, 3.05) is 32.7 Å². The van der Waals surface area contributed by atoms with E-state index in [2.05, 4.69) is 47.5 Å². The molecule has 2 amide bonds. The van der Waals surface area contributed by atoms with E-state index in [0.29, 0.717) is 12.0 Å². The molecule has 6 rings (SSSR count). The van der Waals surface area contributed by atoms with Crippen molar-refractivity contribution in [1.29, 1.82) is 0 Å². The molecule has 1 aliphatic heterocycles. The first-order chi connectivity index (χ1) is 15.1. The molecule has 1 heterocycles. The number of carbonyl (C=O) groups excluding carboxylic acids is 2. The van der Waals surface area contributed by atoms with Crippen LogP contribution in [0, 0.1) is 23.2 Å². The first-order valence-electron chi connectivity index (χ1n) is 12.4. The molecular formula is C26H37N3O2. The molecule has 1 saturated heterocycles. The molecule has 4 aliphatic carbocycles. The molecule has 0 spiro atoms. The van der Waals surface area contributed by atoms with Crippen molar-refractivity contribution < 1.29 is 9.59 Å². The molecule has 5 aliphatic rings. The Morgan fingerprint density at radius 2 is 1.71 bits per heavy atom. The van der Waals surface area contributed by atoms with Gasteiger partial charge in [-0.25, -0.2) is 0 Å². The maximum atomic E-state index is 13.1. The predicted molar refractivity (Wildman–Crippen MR) is 121 cm³/mol. The number of amides is 2. The Morgan fingerprint density at radius 1 is 1.03 bits per heavy atom. The van der Waals surface area contributed by atoms with Gasteiger partial charge in [0.05, 0.1) is 12.0 Å². The normalized spacial score (nSPS) is 32.9. The molecule has 5 nitrogen and oxygen atoms in total. The smallest absolute Gasteiger partial charge is 0.242 e. The van der Waals surface area contributed by atoms with Crippen molar-refractivity contribution in [3.8, 4) is 0 Å². The van der Waals surface area contributed by atoms with E-state index in [1.807, 2.05) is 4.90 Å². The molecule has 1 aromatic carbocycles. The van der Waals surface area contributed by atoms with Gasteiger partial charge in [0, 0.05) is 32.2 Å². The monoisotopic (exact) mass is 423 g/mol. The molecule has 1 aromatic rings. The summed E-state index contributed by atoms with van der Waals surface area (Å²) < 4.78 is 0. The lowest BCUT2D eigenvalue weighted by Gasteiger charge is -2.39. The van der Waals surface area contributed by atoms with E-state index >= 15 is 0 Å². The van der Waals surface area contributed by atoms with Gasteiger partial charge in [-0.05, 0) is 61.8 Å². The first-order valence-corrected chi connectivity index (χ1v) is 12.4. The van der Waals surface area contributed by atoms with Gasteiger partial charge in [-0.1, -0.05) is 43.7 Å². The summed E-state index contributed by atoms with van der Waals surface area (Å²) in [5.74, 6) is 2.33. The number of nitrogens with one attached hydrogen (secondary N) is 1. The molecule has 1 N–H and O–H groups in total. The summed E-state index contributed by atoms with van der Waals surface area (Å²) in [6, 6.07) is 11.2. The number of nitrogens with zero attached hydrogens (tertiary/aromatic N) is 2. The van der Waals surface area contributed by atoms with Gasteiger partial charge in [-0.2, -0.15) is 0 Å². The highest BCUT2D eigenvalue weighted by atomic mass is 16.2. The van der Waals surface area contributed by atoms with E-state index in [9.17, 15) is 9.59 Å². The van der Waals surface area contributed by atoms with Crippen LogP contribution in [0.15, 0.2) is 30.3 Å². The van der Waals surface area contributed by atoms with E-state index < -0.39 is 0 Å². The fourth-order valence-electron chi connectivity index (χ4n) is 7.40. The largest absolute Gasteiger partial charge is 0.347 e. The Morgan fingerprint density at radius 3 is 2.35 bits per heavy atom. The van der Waals surface area contributed by atoms with E-state index in [1.54, 1.807) is 0 Å². The second-order valence-electron chi connectivity index (χ2n) is 10.5. The molecule has 31 heavy (non-hydrogen) atoms. The van der Waals surface area contributed by atoms with Crippen LogP contribution in [0.5, 0.6) is 0 Å². The second-order valence-corrected chi connectivity index (χ2v) is 10.5. The zero-order valence-corrected chi connectivity index (χ0v) is 18.9. The maximum absolute atomic E-state index is 13.1. The van der Waals surface area contributed by atoms with Crippen LogP contribution in [-0.4, -0.2) is 54.3 Å². The topological polar surface area (TPSA) is 52.6 Å². The van der Waals surface area contributed by atoms with Crippen LogP contribution in [0.1, 0.15) is 63.5 Å². The molecule has 5 heteroatoms. The van der Waals surface area contributed by atoms with Gasteiger partial charge in [-0.3, -0.25) is 14.5 Å². The summed E-state index contributed by atoms with van der Waals surface area (Å²) >= 11 is 0. The maximum Gasteiger partial charge on any atom is 0.242 e. The summed E-state index contributed by atoms with van der Waals surface area (Å²) in [4.78, 5) is 30.4. The van der Waals surface area contributed by atoms with Crippen molar-refractivity contribution >= 4 is 11.8 Å². The summed E-state index contributed by atoms with van der Waals surface area (Å²) in [7, 11) is 0. The quantitative estimate of drug-likeness (QED) is 0.729. The number of hydrogen-bond donors (Lipinski definition) is 1. The first kappa shape index (κ1) is 21.0. The van der Waals surface area contributed by atoms with Crippen LogP contribution in [0.4, 0.5) is 0 Å². The summed E-state index contributed by atoms with van der Waals surface area (Å²) in [6.45, 7) is 5.70. The number of carbonyl (C=O) groups is 2. The molecule has 4 bridgehead atoms. The minimum Gasteiger partial charge on any atom is -0.347 e. The molecule has 0 aromatic heterocycles. The minimum absolute atomic E-state index is 0.0776. The fourth-order valence-corrected chi connectivity index (χ4v) is 7.40. The van der Waals surface area contributed by atoms with Gasteiger partial charge in [0.15, 0.2) is 0 Å². The van der Waals surface area contributed by atoms with Crippen LogP contribution in [0.3, 0.4) is 0 Å². The van der Waals surface area contributed by atoms with Crippen LogP contribution in [-0.2, 0) is 9.59 Å². The van der Waals surface area contributed by atoms with Crippen molar-refractivity contribution in [2.45, 2.75) is 57.9 Å². The Hall–Kier alpha value is -1.88. The van der Waals surface area contributed by atoms with Gasteiger partial charge in [-0.15, -0.1) is 0 Å². The number of piperazine rings is 1. The van der Waals surface area contributed by atoms with Crippen LogP contribution in [0.2, 0.25) is 0 Å². The SMILES string of the molecule is CCCC(c1ccccc1)N1CCN(C(=O)CNC(=O)C23CC4CC(CC2C4)C3)CC1. The lowest BCUT2D eigenvalue weighted by molar-refractivity contribution is -0.138. The summed E-state index contributed by atoms with van der Waals surface area (Å²) in [5, 5.41) is 3.06. The lowest BCUT2D eigenvalue weighted by Crippen LogP contribution is -2.53. The highest BCUT2D eigenvalue weighted by Crippen LogP contribution is 2.65. The zero-order chi connectivity index (χ0) is 21.4. The van der Waals surface area contributed by atoms with Gasteiger partial charge in [0.2, 0.25) is 11.8 Å². The fraction of sp³-hybridized carbons (Fsp3) is 0.692. The molecule has 5 fully saturated rings. The summed E-state index contributed by atoms with van der Waals surface area (Å²) in [5.41, 5.74) is 1.23. The Kier molecular flexibility index (Phi) is 5.80. The van der Waals surface area contributed by atoms with Gasteiger partial charge in [0.1, 0.15) is 0 Å². The summed E-state index contributed by atoms with van der Waals surface area (Å²) in [6.07, 6.45) is 8.21.